The SMILES string of the molecule is CC(C)CCCC(N)c1cc2ccc(F)cc2s1. The van der Waals surface area contributed by atoms with E-state index in [-0.39, 0.29) is 11.9 Å². The molecule has 1 heterocycles. The van der Waals surface area contributed by atoms with E-state index < -0.39 is 0 Å². The first-order valence-electron chi connectivity index (χ1n) is 6.51. The van der Waals surface area contributed by atoms with Crippen molar-refractivity contribution in [3.63, 3.8) is 0 Å². The van der Waals surface area contributed by atoms with Crippen LogP contribution in [0.3, 0.4) is 0 Å². The minimum atomic E-state index is -0.177. The van der Waals surface area contributed by atoms with Crippen LogP contribution in [0, 0.1) is 11.7 Å². The molecule has 0 saturated heterocycles. The lowest BCUT2D eigenvalue weighted by Crippen LogP contribution is -2.08. The monoisotopic (exact) mass is 265 g/mol. The fourth-order valence-electron chi connectivity index (χ4n) is 2.10. The molecule has 0 fully saturated rings. The van der Waals surface area contributed by atoms with Crippen molar-refractivity contribution in [1.82, 2.24) is 0 Å². The van der Waals surface area contributed by atoms with E-state index in [1.54, 1.807) is 17.4 Å². The van der Waals surface area contributed by atoms with Gasteiger partial charge in [0.25, 0.3) is 0 Å². The smallest absolute Gasteiger partial charge is 0.124 e. The van der Waals surface area contributed by atoms with Crippen molar-refractivity contribution in [3.05, 3.63) is 35.0 Å². The van der Waals surface area contributed by atoms with Gasteiger partial charge in [-0.05, 0) is 35.9 Å². The molecule has 2 rings (SSSR count). The Kier molecular flexibility index (Phi) is 4.36. The van der Waals surface area contributed by atoms with Gasteiger partial charge < -0.3 is 5.73 Å². The summed E-state index contributed by atoms with van der Waals surface area (Å²) in [4.78, 5) is 1.17. The summed E-state index contributed by atoms with van der Waals surface area (Å²) < 4.78 is 14.1. The number of rotatable bonds is 5. The van der Waals surface area contributed by atoms with Crippen molar-refractivity contribution in [2.75, 3.05) is 0 Å². The third-order valence-electron chi connectivity index (χ3n) is 3.16. The first-order valence-corrected chi connectivity index (χ1v) is 7.32. The molecule has 18 heavy (non-hydrogen) atoms. The van der Waals surface area contributed by atoms with Crippen LogP contribution in [0.5, 0.6) is 0 Å². The molecule has 1 atom stereocenters. The zero-order valence-electron chi connectivity index (χ0n) is 10.9. The van der Waals surface area contributed by atoms with Crippen molar-refractivity contribution >= 4 is 21.4 Å². The van der Waals surface area contributed by atoms with Gasteiger partial charge in [0.05, 0.1) is 0 Å². The number of benzene rings is 1. The van der Waals surface area contributed by atoms with Crippen LogP contribution in [-0.4, -0.2) is 0 Å². The van der Waals surface area contributed by atoms with E-state index >= 15 is 0 Å². The molecular weight excluding hydrogens is 245 g/mol. The molecule has 0 saturated carbocycles. The Hall–Kier alpha value is -0.930. The predicted octanol–water partition coefficient (Wildman–Crippen LogP) is 4.87. The molecule has 1 aromatic heterocycles. The van der Waals surface area contributed by atoms with Crippen LogP contribution in [0.25, 0.3) is 10.1 Å². The summed E-state index contributed by atoms with van der Waals surface area (Å²) in [5.74, 6) is 0.554. The van der Waals surface area contributed by atoms with E-state index in [0.29, 0.717) is 0 Å². The van der Waals surface area contributed by atoms with Crippen LogP contribution >= 0.6 is 11.3 Å². The van der Waals surface area contributed by atoms with E-state index in [9.17, 15) is 4.39 Å². The highest BCUT2D eigenvalue weighted by Crippen LogP contribution is 2.31. The van der Waals surface area contributed by atoms with Crippen LogP contribution in [0.1, 0.15) is 44.0 Å². The summed E-state index contributed by atoms with van der Waals surface area (Å²) in [6, 6.07) is 7.10. The Morgan fingerprint density at radius 3 is 2.72 bits per heavy atom. The van der Waals surface area contributed by atoms with Gasteiger partial charge >= 0.3 is 0 Å². The molecule has 0 bridgehead atoms. The predicted molar refractivity (Wildman–Crippen MR) is 77.4 cm³/mol. The Morgan fingerprint density at radius 2 is 2.00 bits per heavy atom. The Morgan fingerprint density at radius 1 is 1.22 bits per heavy atom. The van der Waals surface area contributed by atoms with Crippen LogP contribution < -0.4 is 5.73 Å². The fourth-order valence-corrected chi connectivity index (χ4v) is 3.22. The summed E-state index contributed by atoms with van der Waals surface area (Å²) in [5.41, 5.74) is 6.20. The summed E-state index contributed by atoms with van der Waals surface area (Å²) in [6.45, 7) is 4.46. The average molecular weight is 265 g/mol. The topological polar surface area (TPSA) is 26.0 Å². The quantitative estimate of drug-likeness (QED) is 0.820. The largest absolute Gasteiger partial charge is 0.323 e. The van der Waals surface area contributed by atoms with E-state index in [0.717, 1.165) is 28.8 Å². The number of fused-ring (bicyclic) bond motifs is 1. The van der Waals surface area contributed by atoms with Gasteiger partial charge in [-0.2, -0.15) is 0 Å². The summed E-state index contributed by atoms with van der Waals surface area (Å²) in [7, 11) is 0. The lowest BCUT2D eigenvalue weighted by Gasteiger charge is -2.10. The number of nitrogens with two attached hydrogens (primary N) is 1. The van der Waals surface area contributed by atoms with Crippen LogP contribution in [0.2, 0.25) is 0 Å². The standard InChI is InChI=1S/C15H20FNS/c1-10(2)4-3-5-13(17)15-8-11-6-7-12(16)9-14(11)18-15/h6-10,13H,3-5,17H2,1-2H3. The molecule has 0 aliphatic rings. The number of hydrogen-bond acceptors (Lipinski definition) is 2. The molecule has 98 valence electrons. The molecule has 0 spiro atoms. The second-order valence-corrected chi connectivity index (χ2v) is 6.38. The molecule has 0 amide bonds. The van der Waals surface area contributed by atoms with Gasteiger partial charge in [0.1, 0.15) is 5.82 Å². The average Bonchev–Trinajstić information content (AvgIpc) is 2.71. The Labute approximate surface area is 112 Å². The van der Waals surface area contributed by atoms with E-state index in [2.05, 4.69) is 19.9 Å². The Bertz CT molecular complexity index is 518. The highest BCUT2D eigenvalue weighted by atomic mass is 32.1. The van der Waals surface area contributed by atoms with Crippen LogP contribution in [-0.2, 0) is 0 Å². The van der Waals surface area contributed by atoms with Crippen molar-refractivity contribution in [2.45, 2.75) is 39.2 Å². The third kappa shape index (κ3) is 3.30. The lowest BCUT2D eigenvalue weighted by molar-refractivity contribution is 0.508. The lowest BCUT2D eigenvalue weighted by atomic mass is 10.0. The van der Waals surface area contributed by atoms with Crippen molar-refractivity contribution in [3.8, 4) is 0 Å². The van der Waals surface area contributed by atoms with Crippen LogP contribution in [0.4, 0.5) is 4.39 Å². The zero-order chi connectivity index (χ0) is 13.1. The maximum Gasteiger partial charge on any atom is 0.124 e. The maximum absolute atomic E-state index is 13.1. The van der Waals surface area contributed by atoms with Crippen molar-refractivity contribution in [2.24, 2.45) is 11.7 Å². The fraction of sp³-hybridized carbons (Fsp3) is 0.467. The molecule has 1 aromatic carbocycles. The number of hydrogen-bond donors (Lipinski definition) is 1. The minimum Gasteiger partial charge on any atom is -0.323 e. The van der Waals surface area contributed by atoms with Gasteiger partial charge in [0.2, 0.25) is 0 Å². The first kappa shape index (κ1) is 13.5. The summed E-state index contributed by atoms with van der Waals surface area (Å²) in [5, 5.41) is 1.09. The highest BCUT2D eigenvalue weighted by Gasteiger charge is 2.10. The molecule has 0 radical (unpaired) electrons. The van der Waals surface area contributed by atoms with Gasteiger partial charge in [-0.25, -0.2) is 4.39 Å². The number of thiophene rings is 1. The Balaban J connectivity index is 2.06. The van der Waals surface area contributed by atoms with Crippen LogP contribution in [0.15, 0.2) is 24.3 Å². The molecule has 0 aliphatic carbocycles. The van der Waals surface area contributed by atoms with Crippen molar-refractivity contribution < 1.29 is 4.39 Å². The maximum atomic E-state index is 13.1. The molecule has 3 heteroatoms. The van der Waals surface area contributed by atoms with Gasteiger partial charge in [-0.1, -0.05) is 32.8 Å². The van der Waals surface area contributed by atoms with E-state index in [1.807, 2.05) is 6.07 Å². The van der Waals surface area contributed by atoms with Crippen molar-refractivity contribution in [1.29, 1.82) is 0 Å². The molecule has 1 nitrogen and oxygen atoms in total. The summed E-state index contributed by atoms with van der Waals surface area (Å²) >= 11 is 1.61. The van der Waals surface area contributed by atoms with E-state index in [1.165, 1.54) is 17.4 Å². The number of halogens is 1. The minimum absolute atomic E-state index is 0.0872. The highest BCUT2D eigenvalue weighted by molar-refractivity contribution is 7.19. The molecule has 1 unspecified atom stereocenters. The molecule has 0 aliphatic heterocycles. The van der Waals surface area contributed by atoms with Gasteiger partial charge in [0, 0.05) is 15.6 Å². The van der Waals surface area contributed by atoms with Gasteiger partial charge in [-0.3, -0.25) is 0 Å². The van der Waals surface area contributed by atoms with Gasteiger partial charge in [-0.15, -0.1) is 11.3 Å². The molecule has 2 aromatic rings. The normalized spacial score (nSPS) is 13.4. The molecular formula is C15H20FNS. The van der Waals surface area contributed by atoms with E-state index in [4.69, 9.17) is 5.73 Å². The molecule has 2 N–H and O–H groups in total. The third-order valence-corrected chi connectivity index (χ3v) is 4.39. The second kappa shape index (κ2) is 5.81. The van der Waals surface area contributed by atoms with Gasteiger partial charge in [0.15, 0.2) is 0 Å². The summed E-state index contributed by atoms with van der Waals surface area (Å²) in [6.07, 6.45) is 3.38. The second-order valence-electron chi connectivity index (χ2n) is 5.26. The zero-order valence-corrected chi connectivity index (χ0v) is 11.8. The first-order chi connectivity index (χ1) is 8.56.